The van der Waals surface area contributed by atoms with Gasteiger partial charge < -0.3 is 8.85 Å². The van der Waals surface area contributed by atoms with E-state index in [1.807, 2.05) is 0 Å². The van der Waals surface area contributed by atoms with Crippen molar-refractivity contribution in [3.63, 3.8) is 0 Å². The fraction of sp³-hybridized carbons (Fsp3) is 1.00. The lowest BCUT2D eigenvalue weighted by Crippen LogP contribution is -2.42. The molecule has 0 saturated carbocycles. The first-order valence-corrected chi connectivity index (χ1v) is 12.2. The van der Waals surface area contributed by atoms with Crippen molar-refractivity contribution in [2.24, 2.45) is 0 Å². The van der Waals surface area contributed by atoms with E-state index in [4.69, 9.17) is 8.85 Å². The molecule has 0 rings (SSSR count). The molecule has 80 valence electrons. The summed E-state index contributed by atoms with van der Waals surface area (Å²) in [4.78, 5) is 0. The minimum absolute atomic E-state index is 0.125. The summed E-state index contributed by atoms with van der Waals surface area (Å²) in [7, 11) is 0. The van der Waals surface area contributed by atoms with Crippen molar-refractivity contribution in [3.05, 3.63) is 0 Å². The van der Waals surface area contributed by atoms with Crippen LogP contribution in [0, 0.1) is 0 Å². The molecule has 0 heterocycles. The van der Waals surface area contributed by atoms with Gasteiger partial charge in [-0.1, -0.05) is 0 Å². The van der Waals surface area contributed by atoms with E-state index in [9.17, 15) is 0 Å². The van der Waals surface area contributed by atoms with Crippen LogP contribution < -0.4 is 0 Å². The Hall–Kier alpha value is 1.60. The molecule has 0 aliphatic rings. The Balaban J connectivity index is 4.25. The molecule has 0 bridgehead atoms. The molecule has 0 aromatic rings. The van der Waals surface area contributed by atoms with Gasteiger partial charge in [0, 0.05) is 0 Å². The molecule has 0 aliphatic heterocycles. The van der Waals surface area contributed by atoms with Crippen molar-refractivity contribution in [2.45, 2.75) is 52.7 Å². The molecule has 0 spiro atoms. The highest BCUT2D eigenvalue weighted by molar-refractivity contribution is 14.3. The van der Waals surface area contributed by atoms with Gasteiger partial charge in [0.1, 0.15) is 0 Å². The molecule has 2 nitrogen and oxygen atoms in total. The first-order valence-electron chi connectivity index (χ1n) is 4.19. The molecule has 0 unspecified atom stereocenters. The first kappa shape index (κ1) is 14.6. The highest BCUT2D eigenvalue weighted by atomic mass is 127. The second-order valence-corrected chi connectivity index (χ2v) is 20.9. The van der Waals surface area contributed by atoms with Crippen molar-refractivity contribution in [2.75, 3.05) is 0 Å². The third-order valence-electron chi connectivity index (χ3n) is 0.850. The molecule has 0 fully saturated rings. The van der Waals surface area contributed by atoms with E-state index in [2.05, 4.69) is 85.1 Å². The van der Waals surface area contributed by atoms with E-state index in [0.717, 1.165) is 0 Å². The van der Waals surface area contributed by atoms with Crippen LogP contribution in [0.5, 0.6) is 0 Å². The fourth-order valence-electron chi connectivity index (χ4n) is 0.734. The van der Waals surface area contributed by atoms with E-state index >= 15 is 0 Å². The Morgan fingerprint density at radius 3 is 1.15 bits per heavy atom. The molecule has 0 atom stereocenters. The quantitative estimate of drug-likeness (QED) is 0.377. The summed E-state index contributed by atoms with van der Waals surface area (Å²) in [5.74, 6) is 0. The molecule has 0 aliphatic carbocycles. The molecular weight excluding hydrogens is 410 g/mol. The van der Waals surface area contributed by atoms with Crippen molar-refractivity contribution in [1.29, 1.82) is 0 Å². The lowest BCUT2D eigenvalue weighted by molar-refractivity contribution is 0.0460. The summed E-state index contributed by atoms with van der Waals surface area (Å²) in [6.07, 6.45) is 0. The molecule has 0 radical (unpaired) electrons. The summed E-state index contributed by atoms with van der Waals surface area (Å²) in [6, 6.07) is 0. The molecule has 0 saturated heterocycles. The predicted octanol–water partition coefficient (Wildman–Crippen LogP) is 3.92. The summed E-state index contributed by atoms with van der Waals surface area (Å²) >= 11 is 4.61. The average Bonchev–Trinajstić information content (AvgIpc) is 1.43. The SMILES string of the molecule is CC(C)(C)O[Si](I)(I)OC(C)(C)C. The molecule has 13 heavy (non-hydrogen) atoms. The van der Waals surface area contributed by atoms with E-state index in [1.165, 1.54) is 0 Å². The summed E-state index contributed by atoms with van der Waals surface area (Å²) in [5, 5.41) is 0. The maximum atomic E-state index is 5.89. The first-order chi connectivity index (χ1) is 5.41. The average molecular weight is 428 g/mol. The lowest BCUT2D eigenvalue weighted by Gasteiger charge is -2.33. The largest absolute Gasteiger partial charge is 0.477 e. The summed E-state index contributed by atoms with van der Waals surface area (Å²) in [6.45, 7) is 12.3. The Kier molecular flexibility index (Phi) is 5.19. The third kappa shape index (κ3) is 9.89. The van der Waals surface area contributed by atoms with E-state index in [-0.39, 0.29) is 11.2 Å². The van der Waals surface area contributed by atoms with E-state index in [0.29, 0.717) is 0 Å². The van der Waals surface area contributed by atoms with Crippen molar-refractivity contribution < 1.29 is 8.85 Å². The smallest absolute Gasteiger partial charge is 0.375 e. The minimum atomic E-state index is -2.03. The molecule has 0 N–H and O–H groups in total. The van der Waals surface area contributed by atoms with Gasteiger partial charge in [-0.3, -0.25) is 0 Å². The Labute approximate surface area is 108 Å². The van der Waals surface area contributed by atoms with Crippen molar-refractivity contribution >= 4 is 47.1 Å². The van der Waals surface area contributed by atoms with Gasteiger partial charge >= 0.3 is 3.55 Å². The van der Waals surface area contributed by atoms with Gasteiger partial charge in [-0.2, -0.15) is 0 Å². The lowest BCUT2D eigenvalue weighted by atomic mass is 10.2. The van der Waals surface area contributed by atoms with Crippen molar-refractivity contribution in [1.82, 2.24) is 0 Å². The van der Waals surface area contributed by atoms with Crippen LogP contribution in [-0.2, 0) is 8.85 Å². The van der Waals surface area contributed by atoms with Crippen LogP contribution in [0.2, 0.25) is 0 Å². The van der Waals surface area contributed by atoms with Crippen LogP contribution in [0.25, 0.3) is 0 Å². The fourth-order valence-corrected chi connectivity index (χ4v) is 10.1. The predicted molar refractivity (Wildman–Crippen MR) is 75.5 cm³/mol. The zero-order valence-electron chi connectivity index (χ0n) is 9.07. The Bertz CT molecular complexity index is 152. The normalized spacial score (nSPS) is 14.8. The highest BCUT2D eigenvalue weighted by Crippen LogP contribution is 2.33. The van der Waals surface area contributed by atoms with Gasteiger partial charge in [-0.15, -0.1) is 0 Å². The maximum absolute atomic E-state index is 5.89. The third-order valence-corrected chi connectivity index (χ3v) is 5.19. The van der Waals surface area contributed by atoms with E-state index < -0.39 is 3.55 Å². The number of rotatable bonds is 2. The molecule has 0 aromatic carbocycles. The van der Waals surface area contributed by atoms with E-state index in [1.54, 1.807) is 0 Å². The van der Waals surface area contributed by atoms with Gasteiger partial charge in [0.2, 0.25) is 0 Å². The van der Waals surface area contributed by atoms with Gasteiger partial charge in [0.25, 0.3) is 0 Å². The Morgan fingerprint density at radius 2 is 1.00 bits per heavy atom. The van der Waals surface area contributed by atoms with Crippen LogP contribution in [0.3, 0.4) is 0 Å². The van der Waals surface area contributed by atoms with Gasteiger partial charge in [0.15, 0.2) is 0 Å². The van der Waals surface area contributed by atoms with Crippen LogP contribution in [-0.4, -0.2) is 14.8 Å². The summed E-state index contributed by atoms with van der Waals surface area (Å²) < 4.78 is 9.75. The van der Waals surface area contributed by atoms with Crippen LogP contribution >= 0.6 is 43.6 Å². The molecule has 0 amide bonds. The Morgan fingerprint density at radius 1 is 0.769 bits per heavy atom. The van der Waals surface area contributed by atoms with Gasteiger partial charge in [-0.05, 0) is 85.1 Å². The topological polar surface area (TPSA) is 18.5 Å². The number of halogens is 2. The standard InChI is InChI=1S/C8H18I2O2Si/c1-7(2,3)11-13(9,10)12-8(4,5)6/h1-6H3. The zero-order valence-corrected chi connectivity index (χ0v) is 14.4. The van der Waals surface area contributed by atoms with Crippen LogP contribution in [0.15, 0.2) is 0 Å². The molecule has 5 heteroatoms. The summed E-state index contributed by atoms with van der Waals surface area (Å²) in [5.41, 5.74) is -0.250. The molecule has 0 aromatic heterocycles. The second kappa shape index (κ2) is 4.63. The zero-order chi connectivity index (χ0) is 10.9. The number of hydrogen-bond acceptors (Lipinski definition) is 2. The van der Waals surface area contributed by atoms with Crippen LogP contribution in [0.4, 0.5) is 0 Å². The van der Waals surface area contributed by atoms with Crippen molar-refractivity contribution in [3.8, 4) is 0 Å². The van der Waals surface area contributed by atoms with Crippen LogP contribution in [0.1, 0.15) is 41.5 Å². The minimum Gasteiger partial charge on any atom is -0.375 e. The van der Waals surface area contributed by atoms with Gasteiger partial charge in [-0.25, -0.2) is 0 Å². The van der Waals surface area contributed by atoms with Gasteiger partial charge in [0.05, 0.1) is 11.2 Å². The highest BCUT2D eigenvalue weighted by Gasteiger charge is 2.39. The molecular formula is C8H18I2O2Si. The second-order valence-electron chi connectivity index (χ2n) is 4.89. The monoisotopic (exact) mass is 428 g/mol. The maximum Gasteiger partial charge on any atom is 0.477 e. The number of hydrogen-bond donors (Lipinski definition) is 0.